The van der Waals surface area contributed by atoms with E-state index in [2.05, 4.69) is 20.7 Å². The van der Waals surface area contributed by atoms with E-state index in [1.165, 1.54) is 11.3 Å². The molecule has 0 aliphatic heterocycles. The van der Waals surface area contributed by atoms with Crippen molar-refractivity contribution in [1.82, 2.24) is 4.72 Å². The summed E-state index contributed by atoms with van der Waals surface area (Å²) in [6.07, 6.45) is 1.83. The van der Waals surface area contributed by atoms with Gasteiger partial charge in [-0.05, 0) is 41.2 Å². The molecular weight excluding hydrogens is 298 g/mol. The van der Waals surface area contributed by atoms with Gasteiger partial charge in [0.1, 0.15) is 4.21 Å². The fraction of sp³-hybridized carbons (Fsp3) is 0.333. The van der Waals surface area contributed by atoms with E-state index in [4.69, 9.17) is 0 Å². The van der Waals surface area contributed by atoms with Crippen LogP contribution in [0.5, 0.6) is 0 Å². The molecule has 0 atom stereocenters. The van der Waals surface area contributed by atoms with Crippen LogP contribution in [0.2, 0.25) is 0 Å². The van der Waals surface area contributed by atoms with Gasteiger partial charge in [-0.3, -0.25) is 0 Å². The molecule has 1 aromatic heterocycles. The molecule has 0 spiro atoms. The van der Waals surface area contributed by atoms with Crippen LogP contribution in [0.25, 0.3) is 0 Å². The molecule has 84 valence electrons. The molecule has 0 radical (unpaired) electrons. The number of allylic oxidation sites excluding steroid dienone is 1. The van der Waals surface area contributed by atoms with Crippen molar-refractivity contribution in [3.63, 3.8) is 0 Å². The van der Waals surface area contributed by atoms with Gasteiger partial charge < -0.3 is 0 Å². The molecule has 3 nitrogen and oxygen atoms in total. The SMILES string of the molecule is CC(C)=CCNS(=O)(=O)c1sccc1Br. The number of hydrogen-bond donors (Lipinski definition) is 1. The van der Waals surface area contributed by atoms with E-state index in [9.17, 15) is 8.42 Å². The molecule has 0 saturated carbocycles. The van der Waals surface area contributed by atoms with Crippen molar-refractivity contribution in [3.8, 4) is 0 Å². The molecule has 0 amide bonds. The minimum Gasteiger partial charge on any atom is -0.207 e. The van der Waals surface area contributed by atoms with Gasteiger partial charge >= 0.3 is 0 Å². The van der Waals surface area contributed by atoms with Crippen LogP contribution in [0, 0.1) is 0 Å². The summed E-state index contributed by atoms with van der Waals surface area (Å²) < 4.78 is 26.9. The maximum Gasteiger partial charge on any atom is 0.251 e. The first-order chi connectivity index (χ1) is 6.93. The Morgan fingerprint density at radius 2 is 2.27 bits per heavy atom. The summed E-state index contributed by atoms with van der Waals surface area (Å²) in [6, 6.07) is 1.72. The Balaban J connectivity index is 2.78. The van der Waals surface area contributed by atoms with Crippen molar-refractivity contribution in [2.24, 2.45) is 0 Å². The zero-order valence-corrected chi connectivity index (χ0v) is 11.7. The molecule has 1 N–H and O–H groups in total. The molecule has 0 unspecified atom stereocenters. The second-order valence-electron chi connectivity index (χ2n) is 3.19. The molecule has 0 bridgehead atoms. The maximum absolute atomic E-state index is 11.7. The highest BCUT2D eigenvalue weighted by molar-refractivity contribution is 9.10. The molecule has 1 aromatic rings. The third-order valence-corrected chi connectivity index (χ3v) is 5.71. The minimum atomic E-state index is -3.37. The van der Waals surface area contributed by atoms with Gasteiger partial charge in [-0.1, -0.05) is 11.6 Å². The van der Waals surface area contributed by atoms with Crippen molar-refractivity contribution in [1.29, 1.82) is 0 Å². The third kappa shape index (κ3) is 3.71. The van der Waals surface area contributed by atoms with E-state index < -0.39 is 10.0 Å². The van der Waals surface area contributed by atoms with Crippen LogP contribution in [0.1, 0.15) is 13.8 Å². The van der Waals surface area contributed by atoms with Crippen molar-refractivity contribution in [3.05, 3.63) is 27.6 Å². The van der Waals surface area contributed by atoms with Crippen LogP contribution in [0.3, 0.4) is 0 Å². The molecule has 1 rings (SSSR count). The van der Waals surface area contributed by atoms with Gasteiger partial charge in [-0.2, -0.15) is 0 Å². The lowest BCUT2D eigenvalue weighted by Crippen LogP contribution is -2.23. The van der Waals surface area contributed by atoms with E-state index in [1.807, 2.05) is 19.9 Å². The van der Waals surface area contributed by atoms with E-state index in [0.717, 1.165) is 5.57 Å². The largest absolute Gasteiger partial charge is 0.251 e. The summed E-state index contributed by atoms with van der Waals surface area (Å²) in [5.74, 6) is 0. The van der Waals surface area contributed by atoms with Crippen molar-refractivity contribution in [2.75, 3.05) is 6.54 Å². The monoisotopic (exact) mass is 309 g/mol. The number of thiophene rings is 1. The Labute approximate surface area is 102 Å². The van der Waals surface area contributed by atoms with E-state index in [1.54, 1.807) is 11.4 Å². The van der Waals surface area contributed by atoms with Crippen LogP contribution < -0.4 is 4.72 Å². The maximum atomic E-state index is 11.7. The fourth-order valence-electron chi connectivity index (χ4n) is 0.893. The standard InChI is InChI=1S/C9H12BrNO2S2/c1-7(2)3-5-11-15(12,13)9-8(10)4-6-14-9/h3-4,6,11H,5H2,1-2H3. The van der Waals surface area contributed by atoms with Crippen molar-refractivity contribution >= 4 is 37.3 Å². The van der Waals surface area contributed by atoms with E-state index >= 15 is 0 Å². The molecule has 6 heteroatoms. The van der Waals surface area contributed by atoms with Crippen LogP contribution >= 0.6 is 27.3 Å². The number of halogens is 1. The Morgan fingerprint density at radius 1 is 1.60 bits per heavy atom. The lowest BCUT2D eigenvalue weighted by molar-refractivity contribution is 0.587. The zero-order valence-electron chi connectivity index (χ0n) is 8.45. The summed E-state index contributed by atoms with van der Waals surface area (Å²) >= 11 is 4.40. The highest BCUT2D eigenvalue weighted by atomic mass is 79.9. The number of sulfonamides is 1. The Kier molecular flexibility index (Phi) is 4.51. The first-order valence-electron chi connectivity index (χ1n) is 4.29. The van der Waals surface area contributed by atoms with Crippen molar-refractivity contribution in [2.45, 2.75) is 18.1 Å². The first kappa shape index (κ1) is 12.9. The van der Waals surface area contributed by atoms with Gasteiger partial charge in [0.2, 0.25) is 0 Å². The molecule has 15 heavy (non-hydrogen) atoms. The molecule has 0 fully saturated rings. The van der Waals surface area contributed by atoms with Crippen LogP contribution in [0.4, 0.5) is 0 Å². The molecule has 0 aliphatic carbocycles. The highest BCUT2D eigenvalue weighted by Gasteiger charge is 2.17. The van der Waals surface area contributed by atoms with E-state index in [-0.39, 0.29) is 0 Å². The summed E-state index contributed by atoms with van der Waals surface area (Å²) in [7, 11) is -3.37. The predicted octanol–water partition coefficient (Wildman–Crippen LogP) is 2.76. The fourth-order valence-corrected chi connectivity index (χ4v) is 4.24. The molecule has 1 heterocycles. The molecule has 0 aliphatic rings. The predicted molar refractivity (Wildman–Crippen MR) is 66.6 cm³/mol. The quantitative estimate of drug-likeness (QED) is 0.869. The van der Waals surface area contributed by atoms with Gasteiger partial charge in [0.05, 0.1) is 0 Å². The van der Waals surface area contributed by atoms with Gasteiger partial charge in [-0.15, -0.1) is 11.3 Å². The minimum absolute atomic E-state index is 0.324. The number of rotatable bonds is 4. The first-order valence-corrected chi connectivity index (χ1v) is 7.45. The van der Waals surface area contributed by atoms with Gasteiger partial charge in [0.25, 0.3) is 10.0 Å². The summed E-state index contributed by atoms with van der Waals surface area (Å²) in [5.41, 5.74) is 1.09. The van der Waals surface area contributed by atoms with Crippen LogP contribution in [-0.2, 0) is 10.0 Å². The van der Waals surface area contributed by atoms with Gasteiger partial charge in [-0.25, -0.2) is 13.1 Å². The smallest absolute Gasteiger partial charge is 0.207 e. The lowest BCUT2D eigenvalue weighted by atomic mass is 10.3. The number of hydrogen-bond acceptors (Lipinski definition) is 3. The van der Waals surface area contributed by atoms with Gasteiger partial charge in [0.15, 0.2) is 0 Å². The molecule has 0 saturated heterocycles. The summed E-state index contributed by atoms with van der Waals surface area (Å²) in [4.78, 5) is 0. The summed E-state index contributed by atoms with van der Waals surface area (Å²) in [5, 5.41) is 1.74. The summed E-state index contributed by atoms with van der Waals surface area (Å²) in [6.45, 7) is 4.18. The zero-order chi connectivity index (χ0) is 11.5. The molecular formula is C9H12BrNO2S2. The van der Waals surface area contributed by atoms with Crippen LogP contribution in [-0.4, -0.2) is 15.0 Å². The van der Waals surface area contributed by atoms with Crippen molar-refractivity contribution < 1.29 is 8.42 Å². The average Bonchev–Trinajstić information content (AvgIpc) is 2.50. The Morgan fingerprint density at radius 3 is 2.73 bits per heavy atom. The Hall–Kier alpha value is -0.170. The lowest BCUT2D eigenvalue weighted by Gasteiger charge is -2.02. The van der Waals surface area contributed by atoms with Gasteiger partial charge in [0, 0.05) is 11.0 Å². The third-order valence-electron chi connectivity index (χ3n) is 1.61. The normalized spacial score (nSPS) is 11.4. The highest BCUT2D eigenvalue weighted by Crippen LogP contribution is 2.27. The van der Waals surface area contributed by atoms with E-state index in [0.29, 0.717) is 15.2 Å². The molecule has 0 aromatic carbocycles. The van der Waals surface area contributed by atoms with Crippen LogP contribution in [0.15, 0.2) is 31.8 Å². The topological polar surface area (TPSA) is 46.2 Å². The second-order valence-corrected chi connectivity index (χ2v) is 6.92. The Bertz CT molecular complexity index is 458. The number of nitrogens with one attached hydrogen (secondary N) is 1. The second kappa shape index (κ2) is 5.25. The average molecular weight is 310 g/mol.